The minimum Gasteiger partial charge on any atom is -0.478 e. The smallest absolute Gasteiger partial charge is 0.337 e. The number of hydrogen-bond acceptors (Lipinski definition) is 6. The van der Waals surface area contributed by atoms with Gasteiger partial charge in [-0.15, -0.1) is 0 Å². The van der Waals surface area contributed by atoms with Crippen molar-refractivity contribution in [3.05, 3.63) is 27.9 Å². The highest BCUT2D eigenvalue weighted by molar-refractivity contribution is 7.99. The van der Waals surface area contributed by atoms with Gasteiger partial charge in [0.05, 0.1) is 10.5 Å². The number of rotatable bonds is 6. The van der Waals surface area contributed by atoms with Crippen molar-refractivity contribution < 1.29 is 14.8 Å². The Labute approximate surface area is 108 Å². The lowest BCUT2D eigenvalue weighted by molar-refractivity contribution is -0.384. The zero-order valence-corrected chi connectivity index (χ0v) is 10.7. The van der Waals surface area contributed by atoms with Crippen LogP contribution in [0, 0.1) is 10.1 Å². The van der Waals surface area contributed by atoms with E-state index in [0.717, 1.165) is 12.3 Å². The summed E-state index contributed by atoms with van der Waals surface area (Å²) in [4.78, 5) is 24.7. The molecule has 1 aromatic rings. The molecule has 0 fully saturated rings. The first kappa shape index (κ1) is 14.2. The van der Waals surface area contributed by atoms with Crippen LogP contribution in [0.2, 0.25) is 0 Å². The fraction of sp³-hybridized carbons (Fsp3) is 0.400. The molecule has 0 spiro atoms. The van der Waals surface area contributed by atoms with Crippen molar-refractivity contribution in [1.29, 1.82) is 0 Å². The third kappa shape index (κ3) is 3.59. The summed E-state index contributed by atoms with van der Waals surface area (Å²) in [5.74, 6) is -1.15. The van der Waals surface area contributed by atoms with Crippen molar-refractivity contribution in [2.45, 2.75) is 12.2 Å². The van der Waals surface area contributed by atoms with E-state index in [1.54, 1.807) is 11.8 Å². The first-order valence-corrected chi connectivity index (χ1v) is 6.39. The Hall–Kier alpha value is -1.83. The first-order valence-electron chi connectivity index (χ1n) is 5.10. The summed E-state index contributed by atoms with van der Waals surface area (Å²) >= 11 is 1.61. The molecular formula is C10H13N3O4S. The average Bonchev–Trinajstić information content (AvgIpc) is 2.35. The quantitative estimate of drug-likeness (QED) is 0.600. The summed E-state index contributed by atoms with van der Waals surface area (Å²) in [5.41, 5.74) is -0.534. The van der Waals surface area contributed by atoms with Crippen molar-refractivity contribution in [2.75, 3.05) is 18.1 Å². The van der Waals surface area contributed by atoms with E-state index in [0.29, 0.717) is 6.54 Å². The topological polar surface area (TPSA) is 105 Å². The van der Waals surface area contributed by atoms with Gasteiger partial charge in [0.15, 0.2) is 0 Å². The van der Waals surface area contributed by atoms with Crippen LogP contribution in [0.15, 0.2) is 12.3 Å². The van der Waals surface area contributed by atoms with Crippen LogP contribution in [-0.2, 0) is 0 Å². The van der Waals surface area contributed by atoms with Crippen molar-refractivity contribution in [1.82, 2.24) is 4.98 Å². The standard InChI is InChI=1S/C10H13N3O4S/c1-6(18-2)4-11-9-8(13(16)17)3-7(5-12-9)10(14)15/h3,5-6H,4H2,1-2H3,(H,11,12)(H,14,15). The van der Waals surface area contributed by atoms with Gasteiger partial charge in [0.1, 0.15) is 0 Å². The van der Waals surface area contributed by atoms with E-state index >= 15 is 0 Å². The number of aromatic nitrogens is 1. The van der Waals surface area contributed by atoms with Crippen molar-refractivity contribution in [3.8, 4) is 0 Å². The third-order valence-electron chi connectivity index (χ3n) is 2.27. The van der Waals surface area contributed by atoms with Crippen LogP contribution in [0.1, 0.15) is 17.3 Å². The summed E-state index contributed by atoms with van der Waals surface area (Å²) in [7, 11) is 0. The largest absolute Gasteiger partial charge is 0.478 e. The number of carbonyl (C=O) groups is 1. The SMILES string of the molecule is CSC(C)CNc1ncc(C(=O)O)cc1[N+](=O)[O-]. The minimum absolute atomic E-state index is 0.0888. The number of anilines is 1. The van der Waals surface area contributed by atoms with Crippen LogP contribution in [-0.4, -0.2) is 39.0 Å². The normalized spacial score (nSPS) is 11.9. The van der Waals surface area contributed by atoms with Crippen molar-refractivity contribution in [3.63, 3.8) is 0 Å². The molecule has 18 heavy (non-hydrogen) atoms. The fourth-order valence-electron chi connectivity index (χ4n) is 1.17. The highest BCUT2D eigenvalue weighted by Gasteiger charge is 2.18. The monoisotopic (exact) mass is 271 g/mol. The molecule has 7 nitrogen and oxygen atoms in total. The van der Waals surface area contributed by atoms with Crippen LogP contribution in [0.3, 0.4) is 0 Å². The zero-order valence-electron chi connectivity index (χ0n) is 9.91. The number of carboxylic acids is 1. The molecule has 1 rings (SSSR count). The molecule has 0 saturated heterocycles. The van der Waals surface area contributed by atoms with Gasteiger partial charge in [-0.05, 0) is 6.26 Å². The van der Waals surface area contributed by atoms with E-state index < -0.39 is 10.9 Å². The van der Waals surface area contributed by atoms with E-state index in [4.69, 9.17) is 5.11 Å². The predicted octanol–water partition coefficient (Wildman–Crippen LogP) is 1.85. The molecule has 0 radical (unpaired) electrons. The highest BCUT2D eigenvalue weighted by atomic mass is 32.2. The molecule has 1 atom stereocenters. The second-order valence-corrected chi connectivity index (χ2v) is 4.86. The Bertz CT molecular complexity index is 466. The average molecular weight is 271 g/mol. The van der Waals surface area contributed by atoms with Gasteiger partial charge in [0.25, 0.3) is 0 Å². The molecule has 0 aliphatic carbocycles. The lowest BCUT2D eigenvalue weighted by Gasteiger charge is -2.10. The highest BCUT2D eigenvalue weighted by Crippen LogP contribution is 2.23. The summed E-state index contributed by atoms with van der Waals surface area (Å²) in [6.07, 6.45) is 3.03. The van der Waals surface area contributed by atoms with Gasteiger partial charge in [0.2, 0.25) is 5.82 Å². The molecule has 98 valence electrons. The number of nitro groups is 1. The van der Waals surface area contributed by atoms with Crippen LogP contribution in [0.4, 0.5) is 11.5 Å². The number of aromatic carboxylic acids is 1. The zero-order chi connectivity index (χ0) is 13.7. The van der Waals surface area contributed by atoms with Gasteiger partial charge in [0, 0.05) is 24.1 Å². The molecule has 0 aliphatic rings. The van der Waals surface area contributed by atoms with Crippen LogP contribution >= 0.6 is 11.8 Å². The molecule has 8 heteroatoms. The fourth-order valence-corrected chi connectivity index (χ4v) is 1.42. The Morgan fingerprint density at radius 2 is 2.39 bits per heavy atom. The summed E-state index contributed by atoms with van der Waals surface area (Å²) in [6, 6.07) is 1.00. The Kier molecular flexibility index (Phi) is 4.90. The predicted molar refractivity (Wildman–Crippen MR) is 69.3 cm³/mol. The molecule has 0 aromatic carbocycles. The number of nitrogens with zero attached hydrogens (tertiary/aromatic N) is 2. The molecular weight excluding hydrogens is 258 g/mol. The Morgan fingerprint density at radius 3 is 2.89 bits per heavy atom. The van der Waals surface area contributed by atoms with Crippen LogP contribution < -0.4 is 5.32 Å². The number of pyridine rings is 1. The first-order chi connectivity index (χ1) is 8.45. The van der Waals surface area contributed by atoms with Crippen LogP contribution in [0.5, 0.6) is 0 Å². The lowest BCUT2D eigenvalue weighted by atomic mass is 10.2. The molecule has 1 aromatic heterocycles. The maximum Gasteiger partial charge on any atom is 0.337 e. The maximum atomic E-state index is 10.8. The second-order valence-electron chi connectivity index (χ2n) is 3.58. The molecule has 1 unspecified atom stereocenters. The van der Waals surface area contributed by atoms with Crippen molar-refractivity contribution in [2.24, 2.45) is 0 Å². The van der Waals surface area contributed by atoms with E-state index in [-0.39, 0.29) is 22.3 Å². The van der Waals surface area contributed by atoms with Gasteiger partial charge in [-0.25, -0.2) is 9.78 Å². The molecule has 0 bridgehead atoms. The maximum absolute atomic E-state index is 10.8. The molecule has 0 saturated carbocycles. The molecule has 1 heterocycles. The third-order valence-corrected chi connectivity index (χ3v) is 3.24. The van der Waals surface area contributed by atoms with Gasteiger partial charge in [-0.2, -0.15) is 11.8 Å². The van der Waals surface area contributed by atoms with Gasteiger partial charge < -0.3 is 10.4 Å². The van der Waals surface area contributed by atoms with Gasteiger partial charge >= 0.3 is 11.7 Å². The van der Waals surface area contributed by atoms with E-state index in [2.05, 4.69) is 10.3 Å². The Balaban J connectivity index is 2.97. The summed E-state index contributed by atoms with van der Waals surface area (Å²) in [6.45, 7) is 2.48. The second kappa shape index (κ2) is 6.20. The number of carboxylic acid groups (broad SMARTS) is 1. The lowest BCUT2D eigenvalue weighted by Crippen LogP contribution is -2.15. The minimum atomic E-state index is -1.24. The molecule has 0 aliphatic heterocycles. The van der Waals surface area contributed by atoms with E-state index in [9.17, 15) is 14.9 Å². The molecule has 0 amide bonds. The Morgan fingerprint density at radius 1 is 1.72 bits per heavy atom. The molecule has 2 N–H and O–H groups in total. The van der Waals surface area contributed by atoms with Crippen LogP contribution in [0.25, 0.3) is 0 Å². The number of hydrogen-bond donors (Lipinski definition) is 2. The summed E-state index contributed by atoms with van der Waals surface area (Å²) < 4.78 is 0. The van der Waals surface area contributed by atoms with Crippen molar-refractivity contribution >= 4 is 29.2 Å². The van der Waals surface area contributed by atoms with E-state index in [1.807, 2.05) is 13.2 Å². The number of nitrogens with one attached hydrogen (secondary N) is 1. The van der Waals surface area contributed by atoms with E-state index in [1.165, 1.54) is 0 Å². The number of thioether (sulfide) groups is 1. The summed E-state index contributed by atoms with van der Waals surface area (Å²) in [5, 5.41) is 22.7. The van der Waals surface area contributed by atoms with Gasteiger partial charge in [-0.1, -0.05) is 6.92 Å². The van der Waals surface area contributed by atoms with Gasteiger partial charge in [-0.3, -0.25) is 10.1 Å².